The van der Waals surface area contributed by atoms with E-state index in [0.29, 0.717) is 30.5 Å². The van der Waals surface area contributed by atoms with E-state index < -0.39 is 0 Å². The van der Waals surface area contributed by atoms with E-state index in [0.717, 1.165) is 12.1 Å². The lowest BCUT2D eigenvalue weighted by Gasteiger charge is -2.26. The van der Waals surface area contributed by atoms with E-state index in [-0.39, 0.29) is 24.0 Å². The summed E-state index contributed by atoms with van der Waals surface area (Å²) in [5.74, 6) is 1.82. The zero-order valence-corrected chi connectivity index (χ0v) is 20.2. The van der Waals surface area contributed by atoms with Gasteiger partial charge in [0.25, 0.3) is 0 Å². The number of ether oxygens (including phenoxy) is 2. The molecule has 1 saturated heterocycles. The fourth-order valence-electron chi connectivity index (χ4n) is 3.54. The molecular formula is C23H33IN4O2. The summed E-state index contributed by atoms with van der Waals surface area (Å²) in [5.41, 5.74) is 9.59. The van der Waals surface area contributed by atoms with Gasteiger partial charge >= 0.3 is 0 Å². The Kier molecular flexibility index (Phi) is 10.2. The molecule has 0 atom stereocenters. The van der Waals surface area contributed by atoms with Crippen molar-refractivity contribution in [2.75, 3.05) is 27.3 Å². The highest BCUT2D eigenvalue weighted by molar-refractivity contribution is 14.0. The quantitative estimate of drug-likeness (QED) is 0.311. The first-order valence-electron chi connectivity index (χ1n) is 10.2. The lowest BCUT2D eigenvalue weighted by molar-refractivity contribution is 0.221. The number of nitrogens with one attached hydrogen (secondary N) is 1. The molecule has 3 N–H and O–H groups in total. The summed E-state index contributed by atoms with van der Waals surface area (Å²) in [6, 6.07) is 14.5. The minimum Gasteiger partial charge on any atom is -0.493 e. The van der Waals surface area contributed by atoms with Crippen molar-refractivity contribution in [1.29, 1.82) is 0 Å². The third kappa shape index (κ3) is 7.36. The highest BCUT2D eigenvalue weighted by Crippen LogP contribution is 2.27. The minimum absolute atomic E-state index is 0. The number of piperidine rings is 1. The predicted octanol–water partition coefficient (Wildman–Crippen LogP) is 3.91. The number of hydrogen-bond donors (Lipinski definition) is 2. The molecule has 30 heavy (non-hydrogen) atoms. The number of aliphatic imine (C=N–C) groups is 1. The zero-order chi connectivity index (χ0) is 20.5. The fraction of sp³-hybridized carbons (Fsp3) is 0.435. The molecule has 7 heteroatoms. The van der Waals surface area contributed by atoms with Crippen LogP contribution in [0.25, 0.3) is 0 Å². The van der Waals surface area contributed by atoms with Crippen molar-refractivity contribution in [2.24, 2.45) is 10.7 Å². The number of rotatable bonds is 8. The maximum atomic E-state index is 6.03. The van der Waals surface area contributed by atoms with Gasteiger partial charge in [0.05, 0.1) is 20.8 Å². The number of nitrogens with zero attached hydrogens (tertiary/aromatic N) is 2. The molecule has 2 aromatic rings. The average Bonchev–Trinajstić information content (AvgIpc) is 2.77. The van der Waals surface area contributed by atoms with Crippen molar-refractivity contribution >= 4 is 29.9 Å². The third-order valence-corrected chi connectivity index (χ3v) is 5.23. The molecule has 0 aliphatic carbocycles. The lowest BCUT2D eigenvalue weighted by atomic mass is 10.1. The Morgan fingerprint density at radius 3 is 2.23 bits per heavy atom. The molecule has 1 aliphatic rings. The van der Waals surface area contributed by atoms with Crippen molar-refractivity contribution in [3.63, 3.8) is 0 Å². The second-order valence-corrected chi connectivity index (χ2v) is 7.40. The normalized spacial score (nSPS) is 14.7. The highest BCUT2D eigenvalue weighted by Gasteiger charge is 2.10. The maximum Gasteiger partial charge on any atom is 0.189 e. The van der Waals surface area contributed by atoms with Crippen LogP contribution in [0, 0.1) is 0 Å². The Labute approximate surface area is 196 Å². The SMILES string of the molecule is COc1ccc(CN=C(N)NCc2ccc(CN3CCCCC3)cc2)cc1OC.I. The van der Waals surface area contributed by atoms with Crippen LogP contribution in [-0.2, 0) is 19.6 Å². The molecule has 6 nitrogen and oxygen atoms in total. The van der Waals surface area contributed by atoms with E-state index in [1.54, 1.807) is 14.2 Å². The number of halogens is 1. The summed E-state index contributed by atoms with van der Waals surface area (Å²) in [6.07, 6.45) is 4.02. The van der Waals surface area contributed by atoms with Gasteiger partial charge in [0.1, 0.15) is 0 Å². The number of nitrogens with two attached hydrogens (primary N) is 1. The van der Waals surface area contributed by atoms with Crippen LogP contribution in [0.3, 0.4) is 0 Å². The third-order valence-electron chi connectivity index (χ3n) is 5.23. The topological polar surface area (TPSA) is 72.1 Å². The van der Waals surface area contributed by atoms with E-state index in [1.165, 1.54) is 43.5 Å². The number of benzene rings is 2. The molecule has 164 valence electrons. The first-order chi connectivity index (χ1) is 14.2. The average molecular weight is 524 g/mol. The van der Waals surface area contributed by atoms with E-state index in [4.69, 9.17) is 15.2 Å². The van der Waals surface area contributed by atoms with Gasteiger partial charge in [-0.15, -0.1) is 24.0 Å². The van der Waals surface area contributed by atoms with Gasteiger partial charge < -0.3 is 20.5 Å². The van der Waals surface area contributed by atoms with Crippen LogP contribution in [0.1, 0.15) is 36.0 Å². The smallest absolute Gasteiger partial charge is 0.189 e. The number of guanidine groups is 1. The van der Waals surface area contributed by atoms with Crippen molar-refractivity contribution in [3.8, 4) is 11.5 Å². The van der Waals surface area contributed by atoms with Gasteiger partial charge in [-0.1, -0.05) is 36.8 Å². The molecular weight excluding hydrogens is 491 g/mol. The van der Waals surface area contributed by atoms with Crippen LogP contribution in [0.4, 0.5) is 0 Å². The Balaban J connectivity index is 0.00000320. The van der Waals surface area contributed by atoms with Gasteiger partial charge in [-0.05, 0) is 54.8 Å². The summed E-state index contributed by atoms with van der Waals surface area (Å²) >= 11 is 0. The number of hydrogen-bond acceptors (Lipinski definition) is 4. The van der Waals surface area contributed by atoms with Crippen LogP contribution in [0.5, 0.6) is 11.5 Å². The second kappa shape index (κ2) is 12.6. The minimum atomic E-state index is 0. The van der Waals surface area contributed by atoms with Crippen molar-refractivity contribution < 1.29 is 9.47 Å². The van der Waals surface area contributed by atoms with Crippen molar-refractivity contribution in [2.45, 2.75) is 38.9 Å². The van der Waals surface area contributed by atoms with E-state index in [2.05, 4.69) is 39.5 Å². The number of methoxy groups -OCH3 is 2. The molecule has 1 aliphatic heterocycles. The van der Waals surface area contributed by atoms with Crippen LogP contribution >= 0.6 is 24.0 Å². The van der Waals surface area contributed by atoms with Crippen molar-refractivity contribution in [3.05, 3.63) is 59.2 Å². The standard InChI is InChI=1S/C23H32N4O2.HI/c1-28-21-11-10-20(14-22(21)29-2)16-26-23(24)25-15-18-6-8-19(9-7-18)17-27-12-4-3-5-13-27;/h6-11,14H,3-5,12-13,15-17H2,1-2H3,(H3,24,25,26);1H. The predicted molar refractivity (Wildman–Crippen MR) is 133 cm³/mol. The molecule has 2 aromatic carbocycles. The summed E-state index contributed by atoms with van der Waals surface area (Å²) in [5, 5.41) is 3.18. The van der Waals surface area contributed by atoms with Crippen molar-refractivity contribution in [1.82, 2.24) is 10.2 Å². The van der Waals surface area contributed by atoms with Crippen LogP contribution in [0.15, 0.2) is 47.5 Å². The van der Waals surface area contributed by atoms with E-state index in [9.17, 15) is 0 Å². The van der Waals surface area contributed by atoms with Gasteiger partial charge in [0.15, 0.2) is 17.5 Å². The summed E-state index contributed by atoms with van der Waals surface area (Å²) < 4.78 is 10.6. The maximum absolute atomic E-state index is 6.03. The Morgan fingerprint density at radius 1 is 0.933 bits per heavy atom. The fourth-order valence-corrected chi connectivity index (χ4v) is 3.54. The van der Waals surface area contributed by atoms with Gasteiger partial charge in [-0.25, -0.2) is 4.99 Å². The van der Waals surface area contributed by atoms with Crippen LogP contribution < -0.4 is 20.5 Å². The van der Waals surface area contributed by atoms with E-state index in [1.807, 2.05) is 18.2 Å². The molecule has 1 heterocycles. The monoisotopic (exact) mass is 524 g/mol. The largest absolute Gasteiger partial charge is 0.493 e. The molecule has 0 radical (unpaired) electrons. The number of likely N-dealkylation sites (tertiary alicyclic amines) is 1. The van der Waals surface area contributed by atoms with Gasteiger partial charge in [-0.2, -0.15) is 0 Å². The molecule has 0 aromatic heterocycles. The zero-order valence-electron chi connectivity index (χ0n) is 17.9. The molecule has 0 bridgehead atoms. The molecule has 0 amide bonds. The van der Waals surface area contributed by atoms with Gasteiger partial charge in [-0.3, -0.25) is 4.90 Å². The molecule has 0 saturated carbocycles. The lowest BCUT2D eigenvalue weighted by Crippen LogP contribution is -2.31. The molecule has 0 unspecified atom stereocenters. The van der Waals surface area contributed by atoms with E-state index >= 15 is 0 Å². The Bertz CT molecular complexity index is 805. The molecule has 1 fully saturated rings. The first-order valence-corrected chi connectivity index (χ1v) is 10.2. The Hall–Kier alpha value is -2.00. The molecule has 0 spiro atoms. The van der Waals surface area contributed by atoms with Gasteiger partial charge in [0.2, 0.25) is 0 Å². The van der Waals surface area contributed by atoms with Crippen LogP contribution in [-0.4, -0.2) is 38.2 Å². The van der Waals surface area contributed by atoms with Crippen LogP contribution in [0.2, 0.25) is 0 Å². The van der Waals surface area contributed by atoms with Gasteiger partial charge in [0, 0.05) is 13.1 Å². The first kappa shape index (κ1) is 24.3. The highest BCUT2D eigenvalue weighted by atomic mass is 127. The molecule has 3 rings (SSSR count). The summed E-state index contributed by atoms with van der Waals surface area (Å²) in [6.45, 7) is 4.62. The second-order valence-electron chi connectivity index (χ2n) is 7.40. The summed E-state index contributed by atoms with van der Waals surface area (Å²) in [4.78, 5) is 6.95. The summed E-state index contributed by atoms with van der Waals surface area (Å²) in [7, 11) is 3.25. The Morgan fingerprint density at radius 2 is 1.57 bits per heavy atom.